The van der Waals surface area contributed by atoms with Crippen molar-refractivity contribution in [3.8, 4) is 5.75 Å². The number of nitrogens with one attached hydrogen (secondary N) is 2. The van der Waals surface area contributed by atoms with Gasteiger partial charge in [-0.15, -0.1) is 0 Å². The van der Waals surface area contributed by atoms with Crippen LogP contribution in [0.5, 0.6) is 5.75 Å². The number of hydrogen-bond acceptors (Lipinski definition) is 6. The molecule has 1 aromatic carbocycles. The minimum atomic E-state index is -1.16. The maximum atomic E-state index is 11.5. The zero-order valence-electron chi connectivity index (χ0n) is 12.9. The molecule has 1 rings (SSSR count). The molecule has 0 aliphatic heterocycles. The van der Waals surface area contributed by atoms with Crippen LogP contribution >= 0.6 is 0 Å². The summed E-state index contributed by atoms with van der Waals surface area (Å²) in [5, 5.41) is 9.23. The Bertz CT molecular complexity index is 509. The molecule has 8 heteroatoms. The van der Waals surface area contributed by atoms with Gasteiger partial charge < -0.3 is 14.7 Å². The summed E-state index contributed by atoms with van der Waals surface area (Å²) in [4.78, 5) is 32.1. The van der Waals surface area contributed by atoms with Gasteiger partial charge in [0.15, 0.2) is 5.75 Å². The predicted octanol–water partition coefficient (Wildman–Crippen LogP) is 1.78. The molecular weight excluding hydrogens is 292 g/mol. The second-order valence-corrected chi connectivity index (χ2v) is 5.36. The fraction of sp³-hybridized carbons (Fsp3) is 0.429. The summed E-state index contributed by atoms with van der Waals surface area (Å²) in [5.74, 6) is -0.730. The monoisotopic (exact) mass is 312 g/mol. The lowest BCUT2D eigenvalue weighted by atomic mass is 10.1. The van der Waals surface area contributed by atoms with Gasteiger partial charge in [-0.1, -0.05) is 12.1 Å². The van der Waals surface area contributed by atoms with Gasteiger partial charge in [0.1, 0.15) is 11.6 Å². The Morgan fingerprint density at radius 2 is 1.77 bits per heavy atom. The van der Waals surface area contributed by atoms with Crippen LogP contribution in [0.15, 0.2) is 24.3 Å². The molecule has 0 unspecified atom stereocenters. The molecule has 1 atom stereocenters. The number of aliphatic carboxylic acids is 1. The molecule has 0 aliphatic rings. The molecule has 0 spiro atoms. The van der Waals surface area contributed by atoms with Crippen LogP contribution in [0.1, 0.15) is 32.4 Å². The number of amides is 1. The predicted molar refractivity (Wildman–Crippen MR) is 77.0 cm³/mol. The standard InChI is InChI=1S/C14H20N2O6/c1-14(2,3)21-13(19)16-15-11(12(17)18)9-5-7-10(8-6-9)22-20-4/h5-8,11,15H,1-4H3,(H,16,19)(H,17,18)/t11-/m1/s1. The maximum Gasteiger partial charge on any atom is 0.422 e. The number of carbonyl (C=O) groups is 2. The van der Waals surface area contributed by atoms with E-state index in [4.69, 9.17) is 9.62 Å². The zero-order chi connectivity index (χ0) is 16.8. The van der Waals surface area contributed by atoms with Gasteiger partial charge in [-0.05, 0) is 38.5 Å². The largest absolute Gasteiger partial charge is 0.480 e. The van der Waals surface area contributed by atoms with Crippen molar-refractivity contribution < 1.29 is 29.2 Å². The number of hydrogen-bond donors (Lipinski definition) is 3. The van der Waals surface area contributed by atoms with Gasteiger partial charge in [-0.25, -0.2) is 10.2 Å². The van der Waals surface area contributed by atoms with Crippen LogP contribution in [0, 0.1) is 0 Å². The molecule has 22 heavy (non-hydrogen) atoms. The number of benzene rings is 1. The van der Waals surface area contributed by atoms with E-state index in [-0.39, 0.29) is 0 Å². The first-order valence-electron chi connectivity index (χ1n) is 6.51. The average molecular weight is 312 g/mol. The molecule has 1 amide bonds. The number of rotatable bonds is 6. The van der Waals surface area contributed by atoms with E-state index in [0.29, 0.717) is 11.3 Å². The lowest BCUT2D eigenvalue weighted by molar-refractivity contribution is -0.178. The van der Waals surface area contributed by atoms with E-state index in [1.54, 1.807) is 32.9 Å². The van der Waals surface area contributed by atoms with Gasteiger partial charge in [0.25, 0.3) is 0 Å². The first-order valence-corrected chi connectivity index (χ1v) is 6.51. The Hall–Kier alpha value is -2.32. The highest BCUT2D eigenvalue weighted by molar-refractivity contribution is 5.76. The van der Waals surface area contributed by atoms with Crippen molar-refractivity contribution in [2.75, 3.05) is 7.11 Å². The lowest BCUT2D eigenvalue weighted by Gasteiger charge is -2.21. The smallest absolute Gasteiger partial charge is 0.422 e. The molecule has 0 radical (unpaired) electrons. The van der Waals surface area contributed by atoms with Crippen LogP contribution in [0.4, 0.5) is 4.79 Å². The topological polar surface area (TPSA) is 106 Å². The summed E-state index contributed by atoms with van der Waals surface area (Å²) in [7, 11) is 1.36. The van der Waals surface area contributed by atoms with Gasteiger partial charge in [-0.2, -0.15) is 4.89 Å². The van der Waals surface area contributed by atoms with E-state index >= 15 is 0 Å². The summed E-state index contributed by atoms with van der Waals surface area (Å²) < 4.78 is 5.01. The van der Waals surface area contributed by atoms with E-state index in [1.165, 1.54) is 19.2 Å². The molecule has 0 bridgehead atoms. The zero-order valence-corrected chi connectivity index (χ0v) is 12.9. The van der Waals surface area contributed by atoms with E-state index in [2.05, 4.69) is 15.7 Å². The number of ether oxygens (including phenoxy) is 1. The molecule has 0 saturated carbocycles. The lowest BCUT2D eigenvalue weighted by Crippen LogP contribution is -2.45. The second kappa shape index (κ2) is 7.62. The third-order valence-electron chi connectivity index (χ3n) is 2.36. The van der Waals surface area contributed by atoms with E-state index in [1.807, 2.05) is 0 Å². The van der Waals surface area contributed by atoms with E-state index in [0.717, 1.165) is 0 Å². The number of carboxylic acids is 1. The molecule has 122 valence electrons. The molecule has 0 aromatic heterocycles. The highest BCUT2D eigenvalue weighted by atomic mass is 17.2. The Balaban J connectivity index is 2.69. The van der Waals surface area contributed by atoms with Crippen LogP contribution in [-0.4, -0.2) is 29.9 Å². The van der Waals surface area contributed by atoms with Crippen LogP contribution in [0.2, 0.25) is 0 Å². The van der Waals surface area contributed by atoms with Gasteiger partial charge in [-0.3, -0.25) is 10.2 Å². The van der Waals surface area contributed by atoms with Crippen molar-refractivity contribution in [2.24, 2.45) is 0 Å². The highest BCUT2D eigenvalue weighted by Crippen LogP contribution is 2.18. The van der Waals surface area contributed by atoms with E-state index < -0.39 is 23.7 Å². The normalized spacial score (nSPS) is 12.4. The summed E-state index contributed by atoms with van der Waals surface area (Å²) in [6.07, 6.45) is -0.766. The Kier molecular flexibility index (Phi) is 6.14. The fourth-order valence-electron chi connectivity index (χ4n) is 1.53. The van der Waals surface area contributed by atoms with Crippen molar-refractivity contribution in [3.05, 3.63) is 29.8 Å². The maximum absolute atomic E-state index is 11.5. The summed E-state index contributed by atoms with van der Waals surface area (Å²) in [5.41, 5.74) is 4.37. The summed E-state index contributed by atoms with van der Waals surface area (Å²) >= 11 is 0. The van der Waals surface area contributed by atoms with Crippen LogP contribution in [-0.2, 0) is 14.4 Å². The number of hydrazine groups is 1. The van der Waals surface area contributed by atoms with Gasteiger partial charge >= 0.3 is 12.1 Å². The number of carbonyl (C=O) groups excluding carboxylic acids is 1. The van der Waals surface area contributed by atoms with Crippen molar-refractivity contribution in [1.82, 2.24) is 10.9 Å². The molecule has 0 aliphatic carbocycles. The highest BCUT2D eigenvalue weighted by Gasteiger charge is 2.22. The number of carboxylic acid groups (broad SMARTS) is 1. The van der Waals surface area contributed by atoms with Crippen molar-refractivity contribution in [1.29, 1.82) is 0 Å². The molecule has 1 aromatic rings. The van der Waals surface area contributed by atoms with Gasteiger partial charge in [0.2, 0.25) is 0 Å². The molecular formula is C14H20N2O6. The average Bonchev–Trinajstić information content (AvgIpc) is 2.38. The van der Waals surface area contributed by atoms with Gasteiger partial charge in [0.05, 0.1) is 7.11 Å². The van der Waals surface area contributed by atoms with E-state index in [9.17, 15) is 14.7 Å². The first-order chi connectivity index (χ1) is 10.2. The third-order valence-corrected chi connectivity index (χ3v) is 2.36. The Labute approximate surface area is 128 Å². The SMILES string of the molecule is COOc1ccc([C@@H](NNC(=O)OC(C)(C)C)C(=O)O)cc1. The first kappa shape index (κ1) is 17.7. The third kappa shape index (κ3) is 5.98. The van der Waals surface area contributed by atoms with Crippen molar-refractivity contribution in [3.63, 3.8) is 0 Å². The molecule has 0 saturated heterocycles. The van der Waals surface area contributed by atoms with Crippen LogP contribution in [0.3, 0.4) is 0 Å². The molecule has 3 N–H and O–H groups in total. The molecule has 8 nitrogen and oxygen atoms in total. The molecule has 0 heterocycles. The van der Waals surface area contributed by atoms with Gasteiger partial charge in [0, 0.05) is 0 Å². The fourth-order valence-corrected chi connectivity index (χ4v) is 1.53. The minimum absolute atomic E-state index is 0.423. The van der Waals surface area contributed by atoms with Crippen molar-refractivity contribution in [2.45, 2.75) is 32.4 Å². The molecule has 0 fully saturated rings. The Morgan fingerprint density at radius 3 is 2.23 bits per heavy atom. The summed E-state index contributed by atoms with van der Waals surface area (Å²) in [6, 6.07) is 5.03. The van der Waals surface area contributed by atoms with Crippen LogP contribution in [0.25, 0.3) is 0 Å². The quantitative estimate of drug-likeness (QED) is 0.543. The van der Waals surface area contributed by atoms with Crippen LogP contribution < -0.4 is 15.7 Å². The summed E-state index contributed by atoms with van der Waals surface area (Å²) in [6.45, 7) is 5.11. The minimum Gasteiger partial charge on any atom is -0.480 e. The van der Waals surface area contributed by atoms with Crippen molar-refractivity contribution >= 4 is 12.1 Å². The Morgan fingerprint density at radius 1 is 1.18 bits per heavy atom. The second-order valence-electron chi connectivity index (χ2n) is 5.36.